The number of anilines is 3. The summed E-state index contributed by atoms with van der Waals surface area (Å²) in [6.07, 6.45) is 13.6. The van der Waals surface area contributed by atoms with Crippen molar-refractivity contribution in [3.63, 3.8) is 0 Å². The number of fused-ring (bicyclic) bond motifs is 10. The van der Waals surface area contributed by atoms with Crippen LogP contribution < -0.4 is 10.2 Å². The lowest BCUT2D eigenvalue weighted by Crippen LogP contribution is -2.34. The Kier molecular flexibility index (Phi) is 9.85. The highest BCUT2D eigenvalue weighted by Crippen LogP contribution is 2.65. The summed E-state index contributed by atoms with van der Waals surface area (Å²) in [4.78, 5) is 2.49. The number of nitrogens with one attached hydrogen (secondary N) is 1. The number of para-hydroxylation sites is 2. The molecule has 2 nitrogen and oxygen atoms in total. The van der Waals surface area contributed by atoms with E-state index in [0.29, 0.717) is 0 Å². The lowest BCUT2D eigenvalue weighted by atomic mass is 9.69. The molecule has 1 N–H and O–H groups in total. The van der Waals surface area contributed by atoms with Gasteiger partial charge in [-0.3, -0.25) is 0 Å². The van der Waals surface area contributed by atoms with Crippen LogP contribution in [0.15, 0.2) is 236 Å². The van der Waals surface area contributed by atoms with Crippen molar-refractivity contribution in [3.8, 4) is 22.3 Å². The number of rotatable bonds is 7. The van der Waals surface area contributed by atoms with Crippen LogP contribution in [0.25, 0.3) is 38.6 Å². The summed E-state index contributed by atoms with van der Waals surface area (Å²) in [5, 5.41) is 6.74. The minimum absolute atomic E-state index is 0.128. The first-order valence-electron chi connectivity index (χ1n) is 22.7. The smallest absolute Gasteiger partial charge is 0.0723 e. The standard InChI is InChI=1S/C59H44N2.C2H6/c1-3-19-41(20-4-1)45-26-12-16-35-56(45)61(43-23-5-2-6-24-43)57-36-18-33-53-58(57)50-29-10-14-32-52(50)59(53)51-31-13-9-27-47(51)48-38-37-42(39-54(48)59)60-55-34-15-11-28-49(55)46-30-17-22-40-21-7-8-25-44(40)46;1-2/h1-36,39,49,55,60H,37-38H2;1-2H3. The molecule has 0 fully saturated rings. The van der Waals surface area contributed by atoms with Crippen LogP contribution in [-0.2, 0) is 5.41 Å². The predicted octanol–water partition coefficient (Wildman–Crippen LogP) is 15.6. The molecule has 304 valence electrons. The molecule has 63 heavy (non-hydrogen) atoms. The maximum atomic E-state index is 4.14. The highest BCUT2D eigenvalue weighted by Gasteiger charge is 2.53. The quantitative estimate of drug-likeness (QED) is 0.172. The van der Waals surface area contributed by atoms with Crippen LogP contribution in [0.4, 0.5) is 17.1 Å². The van der Waals surface area contributed by atoms with Gasteiger partial charge in [-0.2, -0.15) is 0 Å². The Morgan fingerprint density at radius 3 is 1.94 bits per heavy atom. The van der Waals surface area contributed by atoms with Gasteiger partial charge in [0.05, 0.1) is 22.8 Å². The predicted molar refractivity (Wildman–Crippen MR) is 266 cm³/mol. The average Bonchev–Trinajstić information content (AvgIpc) is 3.83. The Balaban J connectivity index is 0.00000219. The molecular formula is C61H50N2. The van der Waals surface area contributed by atoms with Gasteiger partial charge in [0, 0.05) is 28.4 Å². The third-order valence-electron chi connectivity index (χ3n) is 13.5. The molecule has 2 heteroatoms. The van der Waals surface area contributed by atoms with Gasteiger partial charge in [-0.05, 0) is 104 Å². The second-order valence-electron chi connectivity index (χ2n) is 16.7. The Morgan fingerprint density at radius 1 is 0.508 bits per heavy atom. The second-order valence-corrected chi connectivity index (χ2v) is 16.7. The molecule has 0 aromatic heterocycles. The third kappa shape index (κ3) is 6.15. The van der Waals surface area contributed by atoms with E-state index in [1.54, 1.807) is 0 Å². The van der Waals surface area contributed by atoms with Gasteiger partial charge in [-0.1, -0.05) is 208 Å². The second kappa shape index (κ2) is 16.1. The summed E-state index contributed by atoms with van der Waals surface area (Å²) >= 11 is 0. The maximum absolute atomic E-state index is 4.14. The Bertz CT molecular complexity index is 3130. The summed E-state index contributed by atoms with van der Waals surface area (Å²) in [5.74, 6) is 0.209. The highest BCUT2D eigenvalue weighted by molar-refractivity contribution is 6.02. The van der Waals surface area contributed by atoms with Crippen molar-refractivity contribution in [1.29, 1.82) is 0 Å². The van der Waals surface area contributed by atoms with Gasteiger partial charge >= 0.3 is 0 Å². The number of hydrogen-bond donors (Lipinski definition) is 1. The third-order valence-corrected chi connectivity index (χ3v) is 13.5. The molecule has 0 saturated carbocycles. The summed E-state index contributed by atoms with van der Waals surface area (Å²) < 4.78 is 0. The van der Waals surface area contributed by atoms with Crippen molar-refractivity contribution in [2.45, 2.75) is 44.1 Å². The first-order valence-corrected chi connectivity index (χ1v) is 22.7. The number of nitrogens with zero attached hydrogens (tertiary/aromatic N) is 1. The molecular weight excluding hydrogens is 761 g/mol. The fourth-order valence-corrected chi connectivity index (χ4v) is 11.1. The van der Waals surface area contributed by atoms with E-state index in [0.717, 1.165) is 24.2 Å². The van der Waals surface area contributed by atoms with Crippen molar-refractivity contribution >= 4 is 33.4 Å². The van der Waals surface area contributed by atoms with Gasteiger partial charge in [-0.25, -0.2) is 0 Å². The molecule has 0 amide bonds. The van der Waals surface area contributed by atoms with Crippen LogP contribution in [0, 0.1) is 0 Å². The molecule has 0 aliphatic heterocycles. The van der Waals surface area contributed by atoms with E-state index < -0.39 is 5.41 Å². The number of benzene rings is 8. The minimum Gasteiger partial charge on any atom is -0.381 e. The van der Waals surface area contributed by atoms with Crippen LogP contribution in [0.2, 0.25) is 0 Å². The molecule has 4 aliphatic carbocycles. The summed E-state index contributed by atoms with van der Waals surface area (Å²) in [7, 11) is 0. The molecule has 0 saturated heterocycles. The zero-order valence-electron chi connectivity index (χ0n) is 35.9. The topological polar surface area (TPSA) is 15.3 Å². The van der Waals surface area contributed by atoms with Crippen molar-refractivity contribution < 1.29 is 0 Å². The molecule has 12 rings (SSSR count). The Morgan fingerprint density at radius 2 is 1.11 bits per heavy atom. The fraction of sp³-hybridized carbons (Fsp3) is 0.115. The summed E-state index contributed by atoms with van der Waals surface area (Å²) in [6.45, 7) is 4.00. The molecule has 8 aromatic carbocycles. The van der Waals surface area contributed by atoms with Crippen molar-refractivity contribution in [2.24, 2.45) is 0 Å². The van der Waals surface area contributed by atoms with Crippen molar-refractivity contribution in [1.82, 2.24) is 5.32 Å². The number of hydrogen-bond acceptors (Lipinski definition) is 2. The zero-order chi connectivity index (χ0) is 42.3. The Labute approximate surface area is 371 Å². The largest absolute Gasteiger partial charge is 0.381 e. The first-order chi connectivity index (χ1) is 31.3. The normalized spacial score (nSPS) is 18.8. The van der Waals surface area contributed by atoms with E-state index in [4.69, 9.17) is 0 Å². The van der Waals surface area contributed by atoms with Gasteiger partial charge in [0.2, 0.25) is 0 Å². The van der Waals surface area contributed by atoms with Crippen LogP contribution in [-0.4, -0.2) is 6.04 Å². The van der Waals surface area contributed by atoms with Crippen LogP contribution in [0.3, 0.4) is 0 Å². The van der Waals surface area contributed by atoms with Crippen LogP contribution >= 0.6 is 0 Å². The Hall–Kier alpha value is -7.42. The van der Waals surface area contributed by atoms with Gasteiger partial charge in [-0.15, -0.1) is 0 Å². The lowest BCUT2D eigenvalue weighted by Gasteiger charge is -2.35. The van der Waals surface area contributed by atoms with Crippen molar-refractivity contribution in [2.75, 3.05) is 4.90 Å². The van der Waals surface area contributed by atoms with Crippen LogP contribution in [0.5, 0.6) is 0 Å². The van der Waals surface area contributed by atoms with Crippen LogP contribution in [0.1, 0.15) is 60.4 Å². The SMILES string of the molecule is C1=CC(NC2=CC3=C(CC2)c2ccccc2C32c3ccccc3-c3c(N(c4ccccc4)c4ccccc4-c4ccccc4)cccc32)C(c2cccc3ccccc23)C=C1.CC. The van der Waals surface area contributed by atoms with Gasteiger partial charge in [0.25, 0.3) is 0 Å². The van der Waals surface area contributed by atoms with E-state index in [9.17, 15) is 0 Å². The fourth-order valence-electron chi connectivity index (χ4n) is 11.1. The van der Waals surface area contributed by atoms with E-state index in [2.05, 4.69) is 235 Å². The first kappa shape index (κ1) is 38.5. The highest BCUT2D eigenvalue weighted by atomic mass is 15.1. The summed E-state index contributed by atoms with van der Waals surface area (Å²) in [5.41, 5.74) is 18.9. The minimum atomic E-state index is -0.472. The molecule has 0 bridgehead atoms. The van der Waals surface area contributed by atoms with E-state index in [1.807, 2.05) is 13.8 Å². The molecule has 3 atom stereocenters. The maximum Gasteiger partial charge on any atom is 0.0723 e. The number of allylic oxidation sites excluding steroid dienone is 6. The summed E-state index contributed by atoms with van der Waals surface area (Å²) in [6, 6.07) is 71.7. The molecule has 0 radical (unpaired) electrons. The molecule has 4 aliphatic rings. The molecule has 1 spiro atoms. The molecule has 0 heterocycles. The lowest BCUT2D eigenvalue weighted by molar-refractivity contribution is 0.588. The molecule has 8 aromatic rings. The van der Waals surface area contributed by atoms with Crippen molar-refractivity contribution in [3.05, 3.63) is 264 Å². The zero-order valence-corrected chi connectivity index (χ0v) is 35.9. The van der Waals surface area contributed by atoms with Gasteiger partial charge in [0.1, 0.15) is 0 Å². The van der Waals surface area contributed by atoms with Gasteiger partial charge in [0.15, 0.2) is 0 Å². The van der Waals surface area contributed by atoms with E-state index in [1.165, 1.54) is 83.4 Å². The molecule has 3 unspecified atom stereocenters. The van der Waals surface area contributed by atoms with E-state index >= 15 is 0 Å². The monoisotopic (exact) mass is 810 g/mol. The average molecular weight is 811 g/mol. The van der Waals surface area contributed by atoms with Gasteiger partial charge < -0.3 is 10.2 Å². The van der Waals surface area contributed by atoms with E-state index in [-0.39, 0.29) is 12.0 Å².